The number of aliphatic hydroxyl groups excluding tert-OH is 1. The first-order valence-electron chi connectivity index (χ1n) is 23.0. The zero-order valence-corrected chi connectivity index (χ0v) is 43.6. The Bertz CT molecular complexity index is 2220. The molecule has 0 bridgehead atoms. The number of aliphatic hydroxyl groups is 1. The number of aromatic nitrogens is 2. The van der Waals surface area contributed by atoms with Crippen LogP contribution in [0, 0.1) is 5.92 Å². The topological polar surface area (TPSA) is 218 Å². The molecule has 1 fully saturated rings. The van der Waals surface area contributed by atoms with Crippen LogP contribution in [0.5, 0.6) is 5.75 Å². The van der Waals surface area contributed by atoms with Gasteiger partial charge in [0.2, 0.25) is 5.91 Å². The molecule has 2 heterocycles. The molecule has 3 aromatic rings. The SMILES string of the molecule is COc1ccc(Cn2c(=O)ccn([C@@H]3OC([C@H](O)[C@H](NCCCNC(=O)[C@H](CC(C)C)NC(=O)OCc4ccccc4)C(=O)O)[C@@H](O[Si](C)(C)C(C)(C)C)[C@H]3O[Si](C)(C)C(C)(C)C)c2=O)cc1. The number of amides is 2. The first-order valence-corrected chi connectivity index (χ1v) is 28.8. The zero-order chi connectivity index (χ0) is 50.1. The number of aliphatic carboxylic acids is 1. The number of carboxylic acid groups (broad SMARTS) is 1. The lowest BCUT2D eigenvalue weighted by Crippen LogP contribution is -2.59. The van der Waals surface area contributed by atoms with Crippen LogP contribution in [0.25, 0.3) is 0 Å². The van der Waals surface area contributed by atoms with E-state index in [1.54, 1.807) is 31.4 Å². The second-order valence-electron chi connectivity index (χ2n) is 20.7. The van der Waals surface area contributed by atoms with Crippen molar-refractivity contribution < 1.29 is 47.7 Å². The van der Waals surface area contributed by atoms with Crippen molar-refractivity contribution in [2.45, 2.75) is 160 Å². The Hall–Kier alpha value is -4.64. The van der Waals surface area contributed by atoms with Crippen LogP contribution < -0.4 is 31.9 Å². The van der Waals surface area contributed by atoms with E-state index in [0.717, 1.165) is 10.1 Å². The number of hydrogen-bond donors (Lipinski definition) is 5. The Balaban J connectivity index is 1.61. The fourth-order valence-corrected chi connectivity index (χ4v) is 9.66. The van der Waals surface area contributed by atoms with Crippen LogP contribution in [0.1, 0.15) is 85.6 Å². The summed E-state index contributed by atoms with van der Waals surface area (Å²) in [6.45, 7) is 24.5. The van der Waals surface area contributed by atoms with E-state index in [1.807, 2.05) is 70.4 Å². The minimum atomic E-state index is -2.75. The van der Waals surface area contributed by atoms with E-state index in [4.69, 9.17) is 23.1 Å². The van der Waals surface area contributed by atoms with E-state index in [2.05, 4.69) is 57.5 Å². The monoisotopic (exact) mass is 969 g/mol. The van der Waals surface area contributed by atoms with Crippen molar-refractivity contribution in [3.63, 3.8) is 0 Å². The third-order valence-corrected chi connectivity index (χ3v) is 22.0. The maximum atomic E-state index is 14.5. The second-order valence-corrected chi connectivity index (χ2v) is 30.3. The number of carboxylic acids is 1. The minimum absolute atomic E-state index is 0.0450. The van der Waals surface area contributed by atoms with Gasteiger partial charge < -0.3 is 49.2 Å². The minimum Gasteiger partial charge on any atom is -0.497 e. The van der Waals surface area contributed by atoms with Gasteiger partial charge in [0, 0.05) is 18.8 Å². The van der Waals surface area contributed by atoms with Gasteiger partial charge in [0.05, 0.1) is 13.7 Å². The van der Waals surface area contributed by atoms with Crippen LogP contribution in [0.3, 0.4) is 0 Å². The number of carbonyl (C=O) groups excluding carboxylic acids is 2. The molecule has 0 aliphatic carbocycles. The lowest BCUT2D eigenvalue weighted by Gasteiger charge is -2.44. The molecule has 0 radical (unpaired) electrons. The largest absolute Gasteiger partial charge is 0.497 e. The van der Waals surface area contributed by atoms with Gasteiger partial charge in [-0.1, -0.05) is 97.9 Å². The van der Waals surface area contributed by atoms with Crippen molar-refractivity contribution in [1.29, 1.82) is 0 Å². The Morgan fingerprint density at radius 2 is 1.43 bits per heavy atom. The number of nitrogens with zero attached hydrogens (tertiary/aromatic N) is 2. The molecule has 2 aromatic carbocycles. The predicted octanol–water partition coefficient (Wildman–Crippen LogP) is 6.00. The lowest BCUT2D eigenvalue weighted by molar-refractivity contribution is -0.149. The van der Waals surface area contributed by atoms with E-state index in [-0.39, 0.29) is 48.7 Å². The van der Waals surface area contributed by atoms with E-state index in [9.17, 15) is 34.2 Å². The molecule has 67 heavy (non-hydrogen) atoms. The molecule has 0 spiro atoms. The number of nitrogens with one attached hydrogen (secondary N) is 3. The lowest BCUT2D eigenvalue weighted by atomic mass is 9.99. The van der Waals surface area contributed by atoms with E-state index in [1.165, 1.54) is 16.8 Å². The summed E-state index contributed by atoms with van der Waals surface area (Å²) in [7, 11) is -3.95. The van der Waals surface area contributed by atoms with Gasteiger partial charge in [0.1, 0.15) is 48.9 Å². The number of ether oxygens (including phenoxy) is 3. The third kappa shape index (κ3) is 14.7. The molecule has 1 aliphatic heterocycles. The first kappa shape index (κ1) is 55.0. The highest BCUT2D eigenvalue weighted by Crippen LogP contribution is 2.46. The Morgan fingerprint density at radius 3 is 1.99 bits per heavy atom. The van der Waals surface area contributed by atoms with Crippen molar-refractivity contribution in [3.05, 3.63) is 98.8 Å². The number of alkyl carbamates (subject to hydrolysis) is 1. The van der Waals surface area contributed by atoms with Crippen LogP contribution in [-0.2, 0) is 41.1 Å². The van der Waals surface area contributed by atoms with Gasteiger partial charge in [-0.25, -0.2) is 9.59 Å². The maximum Gasteiger partial charge on any atom is 0.408 e. The van der Waals surface area contributed by atoms with Gasteiger partial charge in [-0.05, 0) is 84.8 Å². The second kappa shape index (κ2) is 23.1. The van der Waals surface area contributed by atoms with Crippen LogP contribution in [0.2, 0.25) is 36.3 Å². The van der Waals surface area contributed by atoms with E-state index in [0.29, 0.717) is 17.7 Å². The number of rotatable bonds is 22. The molecule has 1 aliphatic rings. The van der Waals surface area contributed by atoms with Crippen molar-refractivity contribution in [2.24, 2.45) is 5.92 Å². The van der Waals surface area contributed by atoms with Crippen molar-refractivity contribution in [3.8, 4) is 5.75 Å². The van der Waals surface area contributed by atoms with E-state index < -0.39 is 88.6 Å². The van der Waals surface area contributed by atoms with Crippen LogP contribution in [0.15, 0.2) is 76.4 Å². The molecule has 1 aromatic heterocycles. The number of methoxy groups -OCH3 is 1. The van der Waals surface area contributed by atoms with Crippen LogP contribution in [-0.4, -0.2) is 111 Å². The van der Waals surface area contributed by atoms with Gasteiger partial charge in [0.25, 0.3) is 5.56 Å². The summed E-state index contributed by atoms with van der Waals surface area (Å²) in [5, 5.41) is 30.6. The molecule has 0 saturated carbocycles. The van der Waals surface area contributed by atoms with Crippen molar-refractivity contribution in [1.82, 2.24) is 25.1 Å². The standard InChI is InChI=1S/C48H75N5O12Si2/c1-31(2)28-35(51-45(59)62-30-33-18-15-14-16-19-33)42(56)50-26-17-25-49-37(44(57)58)38(55)39-40(64-66(10,11)47(3,4)5)41(65-67(12,13)48(6,7)8)43(63-39)52-27-24-36(54)53(46(52)60)29-32-20-22-34(61-9)23-21-32/h14-16,18-24,27,31,35,37-41,43,49,55H,17,25-26,28-30H2,1-13H3,(H,50,56)(H,51,59)(H,57,58)/t35-,37-,38+,39?,40+,41+,43+/m0/s1. The first-order chi connectivity index (χ1) is 31.2. The molecule has 372 valence electrons. The Labute approximate surface area is 397 Å². The van der Waals surface area contributed by atoms with Crippen LogP contribution in [0.4, 0.5) is 4.79 Å². The zero-order valence-electron chi connectivity index (χ0n) is 41.6. The Morgan fingerprint density at radius 1 is 0.836 bits per heavy atom. The molecule has 5 N–H and O–H groups in total. The van der Waals surface area contributed by atoms with E-state index >= 15 is 0 Å². The highest BCUT2D eigenvalue weighted by atomic mass is 28.4. The summed E-state index contributed by atoms with van der Waals surface area (Å²) in [6, 6.07) is 15.0. The average Bonchev–Trinajstić information content (AvgIpc) is 3.57. The molecule has 2 amide bonds. The van der Waals surface area contributed by atoms with Crippen molar-refractivity contribution >= 4 is 34.6 Å². The quantitative estimate of drug-likeness (QED) is 0.0578. The molecule has 1 unspecified atom stereocenters. The maximum absolute atomic E-state index is 14.5. The fraction of sp³-hybridized carbons (Fsp3) is 0.604. The van der Waals surface area contributed by atoms with Gasteiger partial charge in [-0.3, -0.25) is 23.5 Å². The molecule has 17 nitrogen and oxygen atoms in total. The number of benzene rings is 2. The Kier molecular flexibility index (Phi) is 19.0. The summed E-state index contributed by atoms with van der Waals surface area (Å²) in [5.74, 6) is -1.10. The highest BCUT2D eigenvalue weighted by molar-refractivity contribution is 6.74. The number of hydrogen-bond acceptors (Lipinski definition) is 12. The molecule has 4 rings (SSSR count). The molecule has 7 atom stereocenters. The predicted molar refractivity (Wildman–Crippen MR) is 261 cm³/mol. The van der Waals surface area contributed by atoms with Crippen LogP contribution >= 0.6 is 0 Å². The van der Waals surface area contributed by atoms with Gasteiger partial charge in [0.15, 0.2) is 22.9 Å². The normalized spacial score (nSPS) is 19.4. The summed E-state index contributed by atoms with van der Waals surface area (Å²) in [5.41, 5.74) is 0.245. The van der Waals surface area contributed by atoms with Gasteiger partial charge >= 0.3 is 17.8 Å². The summed E-state index contributed by atoms with van der Waals surface area (Å²) >= 11 is 0. The third-order valence-electron chi connectivity index (χ3n) is 13.1. The highest BCUT2D eigenvalue weighted by Gasteiger charge is 2.57. The molecular formula is C48H75N5O12Si2. The summed E-state index contributed by atoms with van der Waals surface area (Å²) in [6.07, 6.45) is -5.16. The fourth-order valence-electron chi connectivity index (χ4n) is 7.08. The van der Waals surface area contributed by atoms with Crippen molar-refractivity contribution in [2.75, 3.05) is 20.2 Å². The molecular weight excluding hydrogens is 895 g/mol. The molecule has 19 heteroatoms. The summed E-state index contributed by atoms with van der Waals surface area (Å²) in [4.78, 5) is 66.8. The summed E-state index contributed by atoms with van der Waals surface area (Å²) < 4.78 is 33.9. The smallest absolute Gasteiger partial charge is 0.408 e. The van der Waals surface area contributed by atoms with Gasteiger partial charge in [-0.15, -0.1) is 0 Å². The molecule has 1 saturated heterocycles. The number of carbonyl (C=O) groups is 3. The average molecular weight is 970 g/mol. The van der Waals surface area contributed by atoms with Gasteiger partial charge in [-0.2, -0.15) is 0 Å².